The van der Waals surface area contributed by atoms with E-state index in [2.05, 4.69) is 4.98 Å². The molecule has 2 nitrogen and oxygen atoms in total. The van der Waals surface area contributed by atoms with E-state index >= 15 is 0 Å². The van der Waals surface area contributed by atoms with Crippen LogP contribution >= 0.6 is 23.2 Å². The van der Waals surface area contributed by atoms with Gasteiger partial charge in [0.05, 0.1) is 11.1 Å². The van der Waals surface area contributed by atoms with Crippen molar-refractivity contribution >= 4 is 28.4 Å². The second-order valence-corrected chi connectivity index (χ2v) is 3.04. The molecule has 1 rings (SSSR count). The predicted molar refractivity (Wildman–Crippen MR) is 44.4 cm³/mol. The topological polar surface area (TPSA) is 30.0 Å². The number of aromatic nitrogens is 1. The molecule has 0 fully saturated rings. The molecular formula is C7H2Cl2F3NO. The van der Waals surface area contributed by atoms with Gasteiger partial charge in [0, 0.05) is 6.20 Å². The van der Waals surface area contributed by atoms with Crippen molar-refractivity contribution < 1.29 is 18.0 Å². The molecule has 0 radical (unpaired) electrons. The average molecular weight is 244 g/mol. The second kappa shape index (κ2) is 3.74. The fourth-order valence-corrected chi connectivity index (χ4v) is 1.12. The zero-order chi connectivity index (χ0) is 10.9. The average Bonchev–Trinajstić information content (AvgIpc) is 2.02. The van der Waals surface area contributed by atoms with Gasteiger partial charge in [0.15, 0.2) is 0 Å². The van der Waals surface area contributed by atoms with Gasteiger partial charge in [0.2, 0.25) is 0 Å². The Hall–Kier alpha value is -0.810. The molecule has 0 bridgehead atoms. The molecule has 0 aliphatic rings. The first kappa shape index (κ1) is 11.3. The summed E-state index contributed by atoms with van der Waals surface area (Å²) in [6.45, 7) is 0. The molecular weight excluding hydrogens is 242 g/mol. The number of hydrogen-bond acceptors (Lipinski definition) is 2. The van der Waals surface area contributed by atoms with Crippen molar-refractivity contribution in [3.63, 3.8) is 0 Å². The van der Waals surface area contributed by atoms with Crippen LogP contribution in [0.15, 0.2) is 12.3 Å². The highest BCUT2D eigenvalue weighted by atomic mass is 35.5. The number of rotatable bonds is 1. The largest absolute Gasteiger partial charge is 0.417 e. The number of pyridine rings is 1. The first-order valence-electron chi connectivity index (χ1n) is 3.25. The number of alkyl halides is 3. The Balaban J connectivity index is 3.27. The van der Waals surface area contributed by atoms with Crippen LogP contribution in [0.5, 0.6) is 0 Å². The van der Waals surface area contributed by atoms with E-state index in [-0.39, 0.29) is 5.15 Å². The van der Waals surface area contributed by atoms with Crippen LogP contribution in [0.2, 0.25) is 5.15 Å². The molecule has 0 N–H and O–H groups in total. The van der Waals surface area contributed by atoms with E-state index in [1.807, 2.05) is 0 Å². The van der Waals surface area contributed by atoms with Gasteiger partial charge in [-0.15, -0.1) is 0 Å². The Morgan fingerprint density at radius 1 is 1.43 bits per heavy atom. The van der Waals surface area contributed by atoms with Gasteiger partial charge in [-0.1, -0.05) is 11.6 Å². The summed E-state index contributed by atoms with van der Waals surface area (Å²) in [7, 11) is 0. The van der Waals surface area contributed by atoms with E-state index in [9.17, 15) is 18.0 Å². The van der Waals surface area contributed by atoms with Gasteiger partial charge in [0.25, 0.3) is 5.24 Å². The maximum atomic E-state index is 12.1. The molecule has 0 aromatic carbocycles. The van der Waals surface area contributed by atoms with Gasteiger partial charge in [0.1, 0.15) is 5.15 Å². The Bertz CT molecular complexity index is 378. The summed E-state index contributed by atoms with van der Waals surface area (Å²) >= 11 is 10.4. The normalized spacial score (nSPS) is 11.5. The number of carbonyl (C=O) groups is 1. The van der Waals surface area contributed by atoms with Crippen LogP contribution in [-0.4, -0.2) is 10.2 Å². The minimum atomic E-state index is -4.57. The van der Waals surface area contributed by atoms with Crippen molar-refractivity contribution in [2.24, 2.45) is 0 Å². The maximum absolute atomic E-state index is 12.1. The van der Waals surface area contributed by atoms with Crippen LogP contribution < -0.4 is 0 Å². The molecule has 1 aromatic heterocycles. The Labute approximate surface area is 86.6 Å². The van der Waals surface area contributed by atoms with E-state index in [1.165, 1.54) is 0 Å². The standard InChI is InChI=1S/C7H2Cl2F3NO/c8-5-4(6(9)14)1-3(2-13-5)7(10,11)12/h1-2H. The molecule has 0 atom stereocenters. The molecule has 7 heteroatoms. The third kappa shape index (κ3) is 2.36. The van der Waals surface area contributed by atoms with Gasteiger partial charge in [-0.3, -0.25) is 4.79 Å². The molecule has 14 heavy (non-hydrogen) atoms. The van der Waals surface area contributed by atoms with E-state index in [1.54, 1.807) is 0 Å². The van der Waals surface area contributed by atoms with Gasteiger partial charge in [-0.05, 0) is 17.7 Å². The summed E-state index contributed by atoms with van der Waals surface area (Å²) < 4.78 is 36.4. The van der Waals surface area contributed by atoms with Crippen LogP contribution in [0.4, 0.5) is 13.2 Å². The van der Waals surface area contributed by atoms with Crippen LogP contribution in [0.3, 0.4) is 0 Å². The number of hydrogen-bond donors (Lipinski definition) is 0. The Morgan fingerprint density at radius 2 is 2.00 bits per heavy atom. The highest BCUT2D eigenvalue weighted by molar-refractivity contribution is 6.68. The third-order valence-corrected chi connectivity index (χ3v) is 1.88. The Kier molecular flexibility index (Phi) is 3.01. The number of halogens is 5. The molecule has 0 spiro atoms. The van der Waals surface area contributed by atoms with Crippen molar-refractivity contribution in [2.75, 3.05) is 0 Å². The van der Waals surface area contributed by atoms with Gasteiger partial charge >= 0.3 is 6.18 Å². The fourth-order valence-electron chi connectivity index (χ4n) is 0.741. The van der Waals surface area contributed by atoms with Crippen molar-refractivity contribution in [2.45, 2.75) is 6.18 Å². The SMILES string of the molecule is O=C(Cl)c1cc(C(F)(F)F)cnc1Cl. The molecule has 76 valence electrons. The minimum Gasteiger partial charge on any atom is -0.275 e. The fraction of sp³-hybridized carbons (Fsp3) is 0.143. The summed E-state index contributed by atoms with van der Waals surface area (Å²) in [5.41, 5.74) is -1.52. The van der Waals surface area contributed by atoms with E-state index in [4.69, 9.17) is 23.2 Å². The first-order valence-corrected chi connectivity index (χ1v) is 4.00. The van der Waals surface area contributed by atoms with Gasteiger partial charge in [-0.25, -0.2) is 4.98 Å². The highest BCUT2D eigenvalue weighted by Gasteiger charge is 2.32. The van der Waals surface area contributed by atoms with Crippen molar-refractivity contribution in [1.82, 2.24) is 4.98 Å². The summed E-state index contributed by atoms with van der Waals surface area (Å²) in [5, 5.41) is -1.42. The number of carbonyl (C=O) groups excluding carboxylic acids is 1. The van der Waals surface area contributed by atoms with Crippen LogP contribution in [0.1, 0.15) is 15.9 Å². The van der Waals surface area contributed by atoms with Crippen LogP contribution in [0, 0.1) is 0 Å². The maximum Gasteiger partial charge on any atom is 0.417 e. The monoisotopic (exact) mass is 243 g/mol. The smallest absolute Gasteiger partial charge is 0.275 e. The first-order chi connectivity index (χ1) is 6.32. The lowest BCUT2D eigenvalue weighted by Crippen LogP contribution is -2.07. The highest BCUT2D eigenvalue weighted by Crippen LogP contribution is 2.30. The van der Waals surface area contributed by atoms with E-state index < -0.39 is 22.5 Å². The molecule has 0 amide bonds. The summed E-state index contributed by atoms with van der Waals surface area (Å²) in [6.07, 6.45) is -4.04. The molecule has 1 aromatic rings. The quantitative estimate of drug-likeness (QED) is 0.561. The molecule has 0 aliphatic carbocycles. The summed E-state index contributed by atoms with van der Waals surface area (Å²) in [4.78, 5) is 13.8. The lowest BCUT2D eigenvalue weighted by atomic mass is 10.2. The van der Waals surface area contributed by atoms with Crippen molar-refractivity contribution in [3.8, 4) is 0 Å². The molecule has 0 aliphatic heterocycles. The Morgan fingerprint density at radius 3 is 2.43 bits per heavy atom. The second-order valence-electron chi connectivity index (χ2n) is 2.33. The lowest BCUT2D eigenvalue weighted by Gasteiger charge is -2.06. The van der Waals surface area contributed by atoms with Crippen LogP contribution in [-0.2, 0) is 6.18 Å². The summed E-state index contributed by atoms with van der Waals surface area (Å²) in [6, 6.07) is 0.560. The molecule has 0 saturated carbocycles. The van der Waals surface area contributed by atoms with Crippen LogP contribution in [0.25, 0.3) is 0 Å². The predicted octanol–water partition coefficient (Wildman–Crippen LogP) is 3.13. The number of nitrogens with zero attached hydrogens (tertiary/aromatic N) is 1. The van der Waals surface area contributed by atoms with E-state index in [0.717, 1.165) is 0 Å². The zero-order valence-electron chi connectivity index (χ0n) is 6.40. The van der Waals surface area contributed by atoms with Crippen molar-refractivity contribution in [3.05, 3.63) is 28.5 Å². The van der Waals surface area contributed by atoms with Crippen molar-refractivity contribution in [1.29, 1.82) is 0 Å². The van der Waals surface area contributed by atoms with E-state index in [0.29, 0.717) is 12.3 Å². The van der Waals surface area contributed by atoms with Gasteiger partial charge in [-0.2, -0.15) is 13.2 Å². The lowest BCUT2D eigenvalue weighted by molar-refractivity contribution is -0.137. The molecule has 0 saturated heterocycles. The zero-order valence-corrected chi connectivity index (χ0v) is 7.91. The summed E-state index contributed by atoms with van der Waals surface area (Å²) in [5.74, 6) is 0. The third-order valence-electron chi connectivity index (χ3n) is 1.38. The molecule has 1 heterocycles. The van der Waals surface area contributed by atoms with Gasteiger partial charge < -0.3 is 0 Å². The molecule has 0 unspecified atom stereocenters. The minimum absolute atomic E-state index is 0.349.